The molecule has 1 aromatic carbocycles. The SMILES string of the molecule is C[C@H](c1ccccc1)N1CC2CCC(=O)[C@]2(C)C1=O. The molecular formula is C16H19NO2. The van der Waals surface area contributed by atoms with Crippen LogP contribution in [0.3, 0.4) is 0 Å². The third-order valence-corrected chi connectivity index (χ3v) is 4.99. The van der Waals surface area contributed by atoms with Crippen molar-refractivity contribution in [3.05, 3.63) is 35.9 Å². The zero-order chi connectivity index (χ0) is 13.6. The fourth-order valence-corrected chi connectivity index (χ4v) is 3.51. The van der Waals surface area contributed by atoms with Crippen molar-refractivity contribution in [3.63, 3.8) is 0 Å². The van der Waals surface area contributed by atoms with Gasteiger partial charge in [0, 0.05) is 13.0 Å². The Kier molecular flexibility index (Phi) is 2.73. The van der Waals surface area contributed by atoms with Gasteiger partial charge in [-0.2, -0.15) is 0 Å². The highest BCUT2D eigenvalue weighted by Crippen LogP contribution is 2.48. The summed E-state index contributed by atoms with van der Waals surface area (Å²) in [5, 5.41) is 0. The molecule has 2 aliphatic rings. The Hall–Kier alpha value is -1.64. The Morgan fingerprint density at radius 3 is 2.58 bits per heavy atom. The molecule has 1 aromatic rings. The smallest absolute Gasteiger partial charge is 0.236 e. The van der Waals surface area contributed by atoms with Crippen LogP contribution in [0, 0.1) is 11.3 Å². The van der Waals surface area contributed by atoms with Gasteiger partial charge in [0.25, 0.3) is 0 Å². The molecule has 1 saturated carbocycles. The summed E-state index contributed by atoms with van der Waals surface area (Å²) in [6.45, 7) is 4.60. The molecule has 1 saturated heterocycles. The van der Waals surface area contributed by atoms with Crippen LogP contribution >= 0.6 is 0 Å². The summed E-state index contributed by atoms with van der Waals surface area (Å²) < 4.78 is 0. The second-order valence-electron chi connectivity index (χ2n) is 5.91. The summed E-state index contributed by atoms with van der Waals surface area (Å²) in [6.07, 6.45) is 1.43. The predicted molar refractivity (Wildman–Crippen MR) is 72.4 cm³/mol. The second kappa shape index (κ2) is 4.19. The monoisotopic (exact) mass is 257 g/mol. The van der Waals surface area contributed by atoms with Crippen LogP contribution in [-0.4, -0.2) is 23.1 Å². The first-order chi connectivity index (χ1) is 9.05. The van der Waals surface area contributed by atoms with Gasteiger partial charge in [0.2, 0.25) is 5.91 Å². The second-order valence-corrected chi connectivity index (χ2v) is 5.91. The molecule has 1 heterocycles. The largest absolute Gasteiger partial charge is 0.335 e. The maximum atomic E-state index is 12.6. The van der Waals surface area contributed by atoms with E-state index in [1.807, 2.05) is 49.1 Å². The number of hydrogen-bond donors (Lipinski definition) is 0. The van der Waals surface area contributed by atoms with Gasteiger partial charge in [0.1, 0.15) is 11.2 Å². The number of benzene rings is 1. The zero-order valence-corrected chi connectivity index (χ0v) is 11.4. The van der Waals surface area contributed by atoms with E-state index < -0.39 is 5.41 Å². The first-order valence-corrected chi connectivity index (χ1v) is 6.94. The number of Topliss-reactive ketones (excluding diaryl/α,β-unsaturated/α-hetero) is 1. The van der Waals surface area contributed by atoms with Gasteiger partial charge in [-0.25, -0.2) is 0 Å². The molecule has 1 aliphatic carbocycles. The fraction of sp³-hybridized carbons (Fsp3) is 0.500. The summed E-state index contributed by atoms with van der Waals surface area (Å²) in [5.41, 5.74) is 0.384. The van der Waals surface area contributed by atoms with Gasteiger partial charge < -0.3 is 4.90 Å². The lowest BCUT2D eigenvalue weighted by molar-refractivity contribution is -0.143. The fourth-order valence-electron chi connectivity index (χ4n) is 3.51. The highest BCUT2D eigenvalue weighted by atomic mass is 16.2. The Morgan fingerprint density at radius 2 is 1.95 bits per heavy atom. The molecule has 3 atom stereocenters. The van der Waals surface area contributed by atoms with Gasteiger partial charge in [-0.15, -0.1) is 0 Å². The van der Waals surface area contributed by atoms with Gasteiger partial charge in [0.15, 0.2) is 0 Å². The third-order valence-electron chi connectivity index (χ3n) is 4.99. The number of hydrogen-bond acceptors (Lipinski definition) is 2. The average molecular weight is 257 g/mol. The van der Waals surface area contributed by atoms with Crippen LogP contribution in [0.4, 0.5) is 0 Å². The van der Waals surface area contributed by atoms with E-state index in [-0.39, 0.29) is 23.7 Å². The van der Waals surface area contributed by atoms with E-state index in [1.54, 1.807) is 0 Å². The molecule has 0 N–H and O–H groups in total. The molecule has 0 radical (unpaired) electrons. The van der Waals surface area contributed by atoms with Crippen LogP contribution < -0.4 is 0 Å². The molecule has 1 aliphatic heterocycles. The Morgan fingerprint density at radius 1 is 1.26 bits per heavy atom. The minimum absolute atomic E-state index is 0.0244. The maximum Gasteiger partial charge on any atom is 0.236 e. The van der Waals surface area contributed by atoms with Gasteiger partial charge in [0.05, 0.1) is 6.04 Å². The van der Waals surface area contributed by atoms with E-state index in [1.165, 1.54) is 0 Å². The molecular weight excluding hydrogens is 238 g/mol. The van der Waals surface area contributed by atoms with Crippen LogP contribution in [0.1, 0.15) is 38.3 Å². The molecule has 100 valence electrons. The van der Waals surface area contributed by atoms with E-state index in [4.69, 9.17) is 0 Å². The van der Waals surface area contributed by atoms with E-state index in [2.05, 4.69) is 0 Å². The number of ketones is 1. The van der Waals surface area contributed by atoms with Crippen molar-refractivity contribution >= 4 is 11.7 Å². The number of rotatable bonds is 2. The minimum atomic E-state index is -0.747. The van der Waals surface area contributed by atoms with Gasteiger partial charge >= 0.3 is 0 Å². The molecule has 2 fully saturated rings. The van der Waals surface area contributed by atoms with Crippen LogP contribution in [0.15, 0.2) is 30.3 Å². The van der Waals surface area contributed by atoms with E-state index in [0.717, 1.165) is 18.5 Å². The maximum absolute atomic E-state index is 12.6. The molecule has 19 heavy (non-hydrogen) atoms. The van der Waals surface area contributed by atoms with E-state index in [9.17, 15) is 9.59 Å². The Balaban J connectivity index is 1.89. The van der Waals surface area contributed by atoms with Crippen molar-refractivity contribution in [1.29, 1.82) is 0 Å². The minimum Gasteiger partial charge on any atom is -0.335 e. The quantitative estimate of drug-likeness (QED) is 0.764. The van der Waals surface area contributed by atoms with Crippen molar-refractivity contribution in [3.8, 4) is 0 Å². The van der Waals surface area contributed by atoms with Crippen LogP contribution in [0.2, 0.25) is 0 Å². The summed E-state index contributed by atoms with van der Waals surface area (Å²) in [6, 6.07) is 10.1. The van der Waals surface area contributed by atoms with Crippen molar-refractivity contribution in [1.82, 2.24) is 4.90 Å². The summed E-state index contributed by atoms with van der Waals surface area (Å²) in [4.78, 5) is 26.6. The lowest BCUT2D eigenvalue weighted by Gasteiger charge is -2.27. The third kappa shape index (κ3) is 1.64. The van der Waals surface area contributed by atoms with E-state index >= 15 is 0 Å². The van der Waals surface area contributed by atoms with Crippen molar-refractivity contribution < 1.29 is 9.59 Å². The summed E-state index contributed by atoms with van der Waals surface area (Å²) in [7, 11) is 0. The molecule has 1 amide bonds. The highest BCUT2D eigenvalue weighted by molar-refractivity contribution is 6.09. The van der Waals surface area contributed by atoms with Crippen LogP contribution in [0.25, 0.3) is 0 Å². The topological polar surface area (TPSA) is 37.4 Å². The normalized spacial score (nSPS) is 31.7. The highest BCUT2D eigenvalue weighted by Gasteiger charge is 2.59. The lowest BCUT2D eigenvalue weighted by Crippen LogP contribution is -2.38. The van der Waals surface area contributed by atoms with Crippen molar-refractivity contribution in [2.45, 2.75) is 32.7 Å². The summed E-state index contributed by atoms with van der Waals surface area (Å²) in [5.74, 6) is 0.361. The molecule has 3 heteroatoms. The zero-order valence-electron chi connectivity index (χ0n) is 11.4. The predicted octanol–water partition coefficient (Wildman–Crippen LogP) is 2.58. The number of likely N-dealkylation sites (tertiary alicyclic amines) is 1. The average Bonchev–Trinajstić information content (AvgIpc) is 2.86. The molecule has 0 bridgehead atoms. The first-order valence-electron chi connectivity index (χ1n) is 6.94. The van der Waals surface area contributed by atoms with Crippen molar-refractivity contribution in [2.24, 2.45) is 11.3 Å². The molecule has 1 unspecified atom stereocenters. The lowest BCUT2D eigenvalue weighted by atomic mass is 9.81. The standard InChI is InChI=1S/C16H19NO2/c1-11(12-6-4-3-5-7-12)17-10-13-8-9-14(18)16(13,2)15(17)19/h3-7,11,13H,8-10H2,1-2H3/t11-,13?,16-/m1/s1. The van der Waals surface area contributed by atoms with Crippen LogP contribution in [-0.2, 0) is 9.59 Å². The number of carbonyl (C=O) groups is 2. The Labute approximate surface area is 113 Å². The summed E-state index contributed by atoms with van der Waals surface area (Å²) >= 11 is 0. The molecule has 3 nitrogen and oxygen atoms in total. The molecule has 0 aromatic heterocycles. The van der Waals surface area contributed by atoms with Gasteiger partial charge in [-0.3, -0.25) is 9.59 Å². The number of fused-ring (bicyclic) bond motifs is 1. The van der Waals surface area contributed by atoms with Gasteiger partial charge in [-0.1, -0.05) is 30.3 Å². The molecule has 3 rings (SSSR count). The van der Waals surface area contributed by atoms with Gasteiger partial charge in [-0.05, 0) is 31.7 Å². The Bertz CT molecular complexity index is 525. The first kappa shape index (κ1) is 12.4. The van der Waals surface area contributed by atoms with Crippen LogP contribution in [0.5, 0.6) is 0 Å². The molecule has 0 spiro atoms. The number of amides is 1. The number of nitrogens with zero attached hydrogens (tertiary/aromatic N) is 1. The van der Waals surface area contributed by atoms with Crippen molar-refractivity contribution in [2.75, 3.05) is 6.54 Å². The number of carbonyl (C=O) groups excluding carboxylic acids is 2. The van der Waals surface area contributed by atoms with E-state index in [0.29, 0.717) is 6.42 Å².